The van der Waals surface area contributed by atoms with E-state index < -0.39 is 0 Å². The first-order chi connectivity index (χ1) is 18.8. The number of hydrogen-bond acceptors (Lipinski definition) is 3. The van der Waals surface area contributed by atoms with Crippen molar-refractivity contribution >= 4 is 0 Å². The zero-order valence-electron chi connectivity index (χ0n) is 24.8. The second kappa shape index (κ2) is 19.2. The molecule has 1 aromatic heterocycles. The molecule has 1 heterocycles. The largest absolute Gasteiger partial charge is 0.494 e. The van der Waals surface area contributed by atoms with E-state index in [4.69, 9.17) is 4.74 Å². The zero-order valence-corrected chi connectivity index (χ0v) is 24.8. The van der Waals surface area contributed by atoms with Crippen LogP contribution in [-0.4, -0.2) is 16.6 Å². The van der Waals surface area contributed by atoms with Gasteiger partial charge in [-0.3, -0.25) is 0 Å². The molecule has 1 saturated carbocycles. The molecule has 0 aliphatic heterocycles. The van der Waals surface area contributed by atoms with E-state index in [0.717, 1.165) is 42.0 Å². The van der Waals surface area contributed by atoms with E-state index in [1.54, 1.807) is 0 Å². The van der Waals surface area contributed by atoms with Gasteiger partial charge in [0.2, 0.25) is 0 Å². The first-order valence-corrected chi connectivity index (χ1v) is 16.3. The number of benzene rings is 1. The van der Waals surface area contributed by atoms with Crippen LogP contribution in [0.5, 0.6) is 5.75 Å². The molecule has 38 heavy (non-hydrogen) atoms. The Morgan fingerprint density at radius 2 is 1.21 bits per heavy atom. The van der Waals surface area contributed by atoms with Gasteiger partial charge in [-0.05, 0) is 67.3 Å². The van der Waals surface area contributed by atoms with Crippen molar-refractivity contribution in [1.82, 2.24) is 9.97 Å². The third kappa shape index (κ3) is 11.9. The summed E-state index contributed by atoms with van der Waals surface area (Å²) in [6.07, 6.45) is 31.3. The van der Waals surface area contributed by atoms with Crippen molar-refractivity contribution in [2.24, 2.45) is 11.8 Å². The van der Waals surface area contributed by atoms with E-state index >= 15 is 0 Å². The number of unbranched alkanes of at least 4 members (excludes halogenated alkanes) is 10. The number of aryl methyl sites for hydroxylation is 1. The topological polar surface area (TPSA) is 35.0 Å². The maximum atomic E-state index is 6.11. The molecule has 1 fully saturated rings. The summed E-state index contributed by atoms with van der Waals surface area (Å²) in [6.45, 7) is 5.40. The van der Waals surface area contributed by atoms with E-state index in [1.165, 1.54) is 128 Å². The summed E-state index contributed by atoms with van der Waals surface area (Å²) in [6, 6.07) is 8.34. The fourth-order valence-electron chi connectivity index (χ4n) is 6.21. The molecule has 0 bridgehead atoms. The summed E-state index contributed by atoms with van der Waals surface area (Å²) >= 11 is 0. The smallest absolute Gasteiger partial charge is 0.159 e. The summed E-state index contributed by atoms with van der Waals surface area (Å²) in [5.74, 6) is 3.65. The van der Waals surface area contributed by atoms with Crippen molar-refractivity contribution < 1.29 is 4.74 Å². The highest BCUT2D eigenvalue weighted by Crippen LogP contribution is 2.36. The van der Waals surface area contributed by atoms with Crippen LogP contribution in [0.1, 0.15) is 141 Å². The Kier molecular flexibility index (Phi) is 15.5. The van der Waals surface area contributed by atoms with Crippen LogP contribution in [0.25, 0.3) is 11.4 Å². The predicted molar refractivity (Wildman–Crippen MR) is 163 cm³/mol. The summed E-state index contributed by atoms with van der Waals surface area (Å²) in [7, 11) is 0. The average molecular weight is 521 g/mol. The Hall–Kier alpha value is -1.90. The van der Waals surface area contributed by atoms with Crippen LogP contribution in [0.2, 0.25) is 0 Å². The minimum absolute atomic E-state index is 0.804. The summed E-state index contributed by atoms with van der Waals surface area (Å²) in [5.41, 5.74) is 2.31. The number of ether oxygens (including phenoxy) is 1. The monoisotopic (exact) mass is 520 g/mol. The van der Waals surface area contributed by atoms with Gasteiger partial charge >= 0.3 is 0 Å². The first-order valence-electron chi connectivity index (χ1n) is 16.3. The lowest BCUT2D eigenvalue weighted by atomic mass is 9.74. The summed E-state index contributed by atoms with van der Waals surface area (Å²) in [4.78, 5) is 9.27. The fourth-order valence-corrected chi connectivity index (χ4v) is 6.21. The average Bonchev–Trinajstić information content (AvgIpc) is 2.96. The maximum absolute atomic E-state index is 6.11. The molecule has 0 radical (unpaired) electrons. The molecule has 1 aliphatic carbocycles. The number of hydrogen-bond donors (Lipinski definition) is 0. The third-order valence-electron chi connectivity index (χ3n) is 8.62. The predicted octanol–water partition coefficient (Wildman–Crippen LogP) is 10.8. The normalized spacial score (nSPS) is 17.5. The van der Waals surface area contributed by atoms with Crippen LogP contribution < -0.4 is 4.74 Å². The second-order valence-electron chi connectivity index (χ2n) is 11.8. The highest BCUT2D eigenvalue weighted by atomic mass is 16.5. The van der Waals surface area contributed by atoms with Crippen molar-refractivity contribution in [2.75, 3.05) is 6.61 Å². The van der Waals surface area contributed by atoms with E-state index in [0.29, 0.717) is 0 Å². The van der Waals surface area contributed by atoms with Crippen LogP contribution in [-0.2, 0) is 6.42 Å². The molecule has 1 aromatic carbocycles. The molecule has 0 spiro atoms. The molecular weight excluding hydrogens is 464 g/mol. The molecule has 0 N–H and O–H groups in total. The molecular formula is C35H56N2O. The molecule has 0 amide bonds. The van der Waals surface area contributed by atoms with Gasteiger partial charge in [0.1, 0.15) is 5.75 Å². The minimum Gasteiger partial charge on any atom is -0.494 e. The van der Waals surface area contributed by atoms with Crippen LogP contribution in [0.15, 0.2) is 36.7 Å². The Labute approximate surface area is 234 Å². The van der Waals surface area contributed by atoms with Gasteiger partial charge in [0.25, 0.3) is 0 Å². The van der Waals surface area contributed by atoms with Gasteiger partial charge in [0.05, 0.1) is 6.61 Å². The molecule has 0 saturated heterocycles. The third-order valence-corrected chi connectivity index (χ3v) is 8.62. The van der Waals surface area contributed by atoms with Gasteiger partial charge in [-0.25, -0.2) is 9.97 Å². The second-order valence-corrected chi connectivity index (χ2v) is 11.8. The van der Waals surface area contributed by atoms with Crippen molar-refractivity contribution in [2.45, 2.75) is 142 Å². The Morgan fingerprint density at radius 3 is 1.84 bits per heavy atom. The molecule has 3 heteroatoms. The van der Waals surface area contributed by atoms with Gasteiger partial charge < -0.3 is 4.74 Å². The first kappa shape index (κ1) is 30.6. The van der Waals surface area contributed by atoms with Crippen LogP contribution in [0, 0.1) is 11.8 Å². The highest BCUT2D eigenvalue weighted by Gasteiger charge is 2.24. The number of aromatic nitrogens is 2. The van der Waals surface area contributed by atoms with E-state index in [9.17, 15) is 0 Å². The SMILES string of the molecule is CCCCCCCCCc1cnc(-c2ccc(OCCCC3CCCCC3CCCCCCC)cc2)nc1. The molecule has 212 valence electrons. The van der Waals surface area contributed by atoms with Crippen molar-refractivity contribution in [3.05, 3.63) is 42.2 Å². The lowest BCUT2D eigenvalue weighted by molar-refractivity contribution is 0.190. The summed E-state index contributed by atoms with van der Waals surface area (Å²) < 4.78 is 6.11. The lowest BCUT2D eigenvalue weighted by Gasteiger charge is -2.31. The van der Waals surface area contributed by atoms with Crippen LogP contribution >= 0.6 is 0 Å². The minimum atomic E-state index is 0.804. The zero-order chi connectivity index (χ0) is 26.7. The van der Waals surface area contributed by atoms with E-state index in [1.807, 2.05) is 12.4 Å². The van der Waals surface area contributed by atoms with Crippen molar-refractivity contribution in [1.29, 1.82) is 0 Å². The van der Waals surface area contributed by atoms with Gasteiger partial charge in [0, 0.05) is 18.0 Å². The van der Waals surface area contributed by atoms with Crippen LogP contribution in [0.4, 0.5) is 0 Å². The Balaban J connectivity index is 1.32. The summed E-state index contributed by atoms with van der Waals surface area (Å²) in [5, 5.41) is 0. The van der Waals surface area contributed by atoms with Crippen molar-refractivity contribution in [3.8, 4) is 17.1 Å². The molecule has 1 aliphatic rings. The maximum Gasteiger partial charge on any atom is 0.159 e. The van der Waals surface area contributed by atoms with Gasteiger partial charge in [-0.2, -0.15) is 0 Å². The fraction of sp³-hybridized carbons (Fsp3) is 0.714. The van der Waals surface area contributed by atoms with Crippen LogP contribution in [0.3, 0.4) is 0 Å². The number of nitrogens with zero attached hydrogens (tertiary/aromatic N) is 2. The molecule has 3 nitrogen and oxygen atoms in total. The standard InChI is InChI=1S/C35H56N2O/c1-3-5-7-9-10-12-13-18-30-28-36-35(37-29-30)33-23-25-34(26-24-33)38-27-17-22-32-21-16-15-20-31(32)19-14-11-8-6-4-2/h23-26,28-29,31-32H,3-22,27H2,1-2H3. The Morgan fingerprint density at radius 1 is 0.658 bits per heavy atom. The molecule has 2 unspecified atom stereocenters. The van der Waals surface area contributed by atoms with Gasteiger partial charge in [-0.1, -0.05) is 117 Å². The van der Waals surface area contributed by atoms with Gasteiger partial charge in [-0.15, -0.1) is 0 Å². The van der Waals surface area contributed by atoms with Crippen molar-refractivity contribution in [3.63, 3.8) is 0 Å². The van der Waals surface area contributed by atoms with E-state index in [2.05, 4.69) is 48.1 Å². The number of rotatable bonds is 20. The van der Waals surface area contributed by atoms with E-state index in [-0.39, 0.29) is 0 Å². The molecule has 3 rings (SSSR count). The van der Waals surface area contributed by atoms with Gasteiger partial charge in [0.15, 0.2) is 5.82 Å². The molecule has 2 atom stereocenters. The quantitative estimate of drug-likeness (QED) is 0.163. The Bertz CT molecular complexity index is 832. The molecule has 2 aromatic rings. The highest BCUT2D eigenvalue weighted by molar-refractivity contribution is 5.55. The lowest BCUT2D eigenvalue weighted by Crippen LogP contribution is -2.20.